The molecule has 0 aliphatic rings. The Morgan fingerprint density at radius 1 is 1.23 bits per heavy atom. The van der Waals surface area contributed by atoms with Crippen molar-refractivity contribution in [2.75, 3.05) is 0 Å². The summed E-state index contributed by atoms with van der Waals surface area (Å²) in [7, 11) is 0. The van der Waals surface area contributed by atoms with Crippen LogP contribution in [0.4, 0.5) is 15.8 Å². The summed E-state index contributed by atoms with van der Waals surface area (Å²) >= 11 is 0. The third-order valence-corrected chi connectivity index (χ3v) is 2.94. The molecule has 1 atom stereocenters. The molecule has 0 aliphatic heterocycles. The highest BCUT2D eigenvalue weighted by atomic mass is 19.1. The number of carbonyl (C=O) groups is 2. The van der Waals surface area contributed by atoms with E-state index in [4.69, 9.17) is 0 Å². The molecule has 0 saturated heterocycles. The molecule has 8 nitrogen and oxygen atoms in total. The maximum atomic E-state index is 13.9. The molecule has 0 heterocycles. The molecule has 0 aromatic heterocycles. The van der Waals surface area contributed by atoms with E-state index in [-0.39, 0.29) is 6.42 Å². The van der Waals surface area contributed by atoms with E-state index in [1.807, 2.05) is 0 Å². The van der Waals surface area contributed by atoms with Crippen LogP contribution in [0.5, 0.6) is 0 Å². The highest BCUT2D eigenvalue weighted by Crippen LogP contribution is 2.26. The van der Waals surface area contributed by atoms with Crippen molar-refractivity contribution in [3.63, 3.8) is 0 Å². The summed E-state index contributed by atoms with van der Waals surface area (Å²) in [5.74, 6) is -2.43. The number of rotatable bonds is 8. The molecule has 1 rings (SSSR count). The second-order valence-electron chi connectivity index (χ2n) is 4.51. The van der Waals surface area contributed by atoms with Gasteiger partial charge in [-0.3, -0.25) is 29.8 Å². The van der Waals surface area contributed by atoms with E-state index in [1.54, 1.807) is 6.92 Å². The van der Waals surface area contributed by atoms with Crippen LogP contribution in [0.15, 0.2) is 18.2 Å². The second-order valence-corrected chi connectivity index (χ2v) is 4.51. The minimum atomic E-state index is -2.56. The molecular weight excluding hydrogens is 299 g/mol. The van der Waals surface area contributed by atoms with Crippen molar-refractivity contribution in [2.45, 2.75) is 32.4 Å². The molecular formula is C13H13FN2O6. The molecule has 0 aliphatic carbocycles. The highest BCUT2D eigenvalue weighted by molar-refractivity contribution is 6.15. The van der Waals surface area contributed by atoms with Crippen LogP contribution < -0.4 is 0 Å². The van der Waals surface area contributed by atoms with Crippen LogP contribution in [-0.2, 0) is 4.79 Å². The number of unbranched alkanes of at least 4 members (excludes halogenated alkanes) is 1. The third-order valence-electron chi connectivity index (χ3n) is 2.94. The number of hydrogen-bond acceptors (Lipinski definition) is 6. The van der Waals surface area contributed by atoms with Crippen molar-refractivity contribution in [1.29, 1.82) is 0 Å². The SMILES string of the molecule is CCCCC(=O)C(F)C(=O)c1cc([N+](=O)[O-])ccc1[N+](=O)[O-]. The van der Waals surface area contributed by atoms with E-state index in [0.29, 0.717) is 18.9 Å². The molecule has 0 fully saturated rings. The van der Waals surface area contributed by atoms with E-state index >= 15 is 0 Å². The fourth-order valence-electron chi connectivity index (χ4n) is 1.75. The van der Waals surface area contributed by atoms with E-state index in [2.05, 4.69) is 0 Å². The number of alkyl halides is 1. The lowest BCUT2D eigenvalue weighted by molar-refractivity contribution is -0.389. The zero-order chi connectivity index (χ0) is 16.9. The minimum Gasteiger partial charge on any atom is -0.296 e. The number of nitro benzene ring substituents is 2. The first-order chi connectivity index (χ1) is 10.3. The zero-order valence-corrected chi connectivity index (χ0v) is 11.7. The van der Waals surface area contributed by atoms with Crippen LogP contribution in [0.25, 0.3) is 0 Å². The zero-order valence-electron chi connectivity index (χ0n) is 11.7. The van der Waals surface area contributed by atoms with Gasteiger partial charge in [0.25, 0.3) is 11.4 Å². The van der Waals surface area contributed by atoms with Gasteiger partial charge in [-0.1, -0.05) is 13.3 Å². The van der Waals surface area contributed by atoms with Gasteiger partial charge in [-0.25, -0.2) is 4.39 Å². The lowest BCUT2D eigenvalue weighted by Crippen LogP contribution is -2.26. The van der Waals surface area contributed by atoms with Crippen molar-refractivity contribution in [2.24, 2.45) is 0 Å². The third kappa shape index (κ3) is 3.90. The van der Waals surface area contributed by atoms with Crippen LogP contribution in [0.1, 0.15) is 36.5 Å². The normalized spacial score (nSPS) is 11.7. The van der Waals surface area contributed by atoms with Crippen LogP contribution in [0.3, 0.4) is 0 Å². The quantitative estimate of drug-likeness (QED) is 0.315. The number of benzene rings is 1. The van der Waals surface area contributed by atoms with Crippen LogP contribution in [0.2, 0.25) is 0 Å². The first kappa shape index (κ1) is 17.3. The Kier molecular flexibility index (Phi) is 5.79. The van der Waals surface area contributed by atoms with Gasteiger partial charge in [-0.2, -0.15) is 0 Å². The van der Waals surface area contributed by atoms with Gasteiger partial charge >= 0.3 is 0 Å². The van der Waals surface area contributed by atoms with Crippen molar-refractivity contribution >= 4 is 22.9 Å². The molecule has 0 spiro atoms. The van der Waals surface area contributed by atoms with Crippen LogP contribution >= 0.6 is 0 Å². The lowest BCUT2D eigenvalue weighted by Gasteiger charge is -2.07. The molecule has 1 aromatic carbocycles. The van der Waals surface area contributed by atoms with Crippen molar-refractivity contribution in [1.82, 2.24) is 0 Å². The topological polar surface area (TPSA) is 120 Å². The Morgan fingerprint density at radius 3 is 2.36 bits per heavy atom. The summed E-state index contributed by atoms with van der Waals surface area (Å²) < 4.78 is 13.9. The summed E-state index contributed by atoms with van der Waals surface area (Å²) in [6.45, 7) is 1.77. The molecule has 0 saturated carbocycles. The first-order valence-electron chi connectivity index (χ1n) is 6.43. The van der Waals surface area contributed by atoms with E-state index < -0.39 is 44.5 Å². The standard InChI is InChI=1S/C13H13FN2O6/c1-2-3-4-11(17)12(14)13(18)9-7-8(15(19)20)5-6-10(9)16(21)22/h5-7,12H,2-4H2,1H3. The number of nitro groups is 2. The molecule has 1 unspecified atom stereocenters. The number of nitrogens with zero attached hydrogens (tertiary/aromatic N) is 2. The number of carbonyl (C=O) groups excluding carboxylic acids is 2. The van der Waals surface area contributed by atoms with Crippen LogP contribution in [0, 0.1) is 20.2 Å². The Labute approximate surface area is 124 Å². The molecule has 1 aromatic rings. The monoisotopic (exact) mass is 312 g/mol. The van der Waals surface area contributed by atoms with Gasteiger partial charge in [0.1, 0.15) is 5.56 Å². The van der Waals surface area contributed by atoms with E-state index in [0.717, 1.165) is 12.1 Å². The maximum absolute atomic E-state index is 13.9. The molecule has 22 heavy (non-hydrogen) atoms. The summed E-state index contributed by atoms with van der Waals surface area (Å²) in [6, 6.07) is 2.19. The summed E-state index contributed by atoms with van der Waals surface area (Å²) in [6.07, 6.45) is -1.74. The van der Waals surface area contributed by atoms with Crippen molar-refractivity contribution in [3.8, 4) is 0 Å². The van der Waals surface area contributed by atoms with Crippen LogP contribution in [-0.4, -0.2) is 27.6 Å². The summed E-state index contributed by atoms with van der Waals surface area (Å²) in [4.78, 5) is 43.1. The van der Waals surface area contributed by atoms with Gasteiger partial charge in [0.15, 0.2) is 5.78 Å². The minimum absolute atomic E-state index is 0.174. The van der Waals surface area contributed by atoms with Gasteiger partial charge in [0, 0.05) is 24.6 Å². The largest absolute Gasteiger partial charge is 0.296 e. The lowest BCUT2D eigenvalue weighted by atomic mass is 9.99. The smallest absolute Gasteiger partial charge is 0.280 e. The Bertz CT molecular complexity index is 631. The molecule has 0 bridgehead atoms. The molecule has 9 heteroatoms. The number of halogens is 1. The Morgan fingerprint density at radius 2 is 1.86 bits per heavy atom. The van der Waals surface area contributed by atoms with E-state index in [9.17, 15) is 34.2 Å². The average molecular weight is 312 g/mol. The Balaban J connectivity index is 3.19. The maximum Gasteiger partial charge on any atom is 0.280 e. The number of non-ortho nitro benzene ring substituents is 1. The first-order valence-corrected chi connectivity index (χ1v) is 6.43. The molecule has 0 N–H and O–H groups in total. The summed E-state index contributed by atoms with van der Waals surface area (Å²) in [5.41, 5.74) is -2.15. The van der Waals surface area contributed by atoms with E-state index in [1.165, 1.54) is 0 Å². The molecule has 0 radical (unpaired) electrons. The summed E-state index contributed by atoms with van der Waals surface area (Å²) in [5, 5.41) is 21.5. The fourth-order valence-corrected chi connectivity index (χ4v) is 1.75. The predicted molar refractivity (Wildman–Crippen MR) is 73.5 cm³/mol. The van der Waals surface area contributed by atoms with Gasteiger partial charge in [-0.15, -0.1) is 0 Å². The average Bonchev–Trinajstić information content (AvgIpc) is 2.50. The Hall–Kier alpha value is -2.71. The fraction of sp³-hybridized carbons (Fsp3) is 0.385. The van der Waals surface area contributed by atoms with Gasteiger partial charge in [0.05, 0.1) is 9.85 Å². The number of hydrogen-bond donors (Lipinski definition) is 0. The predicted octanol–water partition coefficient (Wildman–Crippen LogP) is 2.78. The van der Waals surface area contributed by atoms with Gasteiger partial charge in [-0.05, 0) is 6.42 Å². The number of ketones is 2. The molecule has 118 valence electrons. The van der Waals surface area contributed by atoms with Gasteiger partial charge < -0.3 is 0 Å². The number of Topliss-reactive ketones (excluding diaryl/α,β-unsaturated/α-hetero) is 2. The molecule has 0 amide bonds. The van der Waals surface area contributed by atoms with Gasteiger partial charge in [0.2, 0.25) is 12.0 Å². The second kappa shape index (κ2) is 7.34. The highest BCUT2D eigenvalue weighted by Gasteiger charge is 2.32. The van der Waals surface area contributed by atoms with Crippen molar-refractivity contribution in [3.05, 3.63) is 44.0 Å². The van der Waals surface area contributed by atoms with Crippen molar-refractivity contribution < 1.29 is 23.8 Å².